The van der Waals surface area contributed by atoms with Gasteiger partial charge in [0, 0.05) is 24.9 Å². The normalized spacial score (nSPS) is 19.7. The first-order valence-corrected chi connectivity index (χ1v) is 15.1. The summed E-state index contributed by atoms with van der Waals surface area (Å²) in [6.45, 7) is 3.26. The molecule has 7 nitrogen and oxygen atoms in total. The van der Waals surface area contributed by atoms with Gasteiger partial charge in [0.2, 0.25) is 10.0 Å². The Bertz CT molecular complexity index is 1360. The number of benzene rings is 2. The third-order valence-electron chi connectivity index (χ3n) is 7.29. The average molecular weight is 528 g/mol. The molecule has 0 spiro atoms. The lowest BCUT2D eigenvalue weighted by molar-refractivity contribution is 0.0600. The summed E-state index contributed by atoms with van der Waals surface area (Å²) in [6.07, 6.45) is 6.55. The summed E-state index contributed by atoms with van der Waals surface area (Å²) < 4.78 is 35.6. The van der Waals surface area contributed by atoms with Gasteiger partial charge in [-0.05, 0) is 67.5 Å². The van der Waals surface area contributed by atoms with Crippen molar-refractivity contribution in [1.29, 1.82) is 0 Å². The van der Waals surface area contributed by atoms with Crippen LogP contribution >= 0.6 is 11.8 Å². The number of methoxy groups -OCH3 is 1. The minimum absolute atomic E-state index is 0.322. The Balaban J connectivity index is 1.47. The number of esters is 1. The molecule has 0 unspecified atom stereocenters. The van der Waals surface area contributed by atoms with Crippen molar-refractivity contribution in [3.8, 4) is 0 Å². The molecule has 2 heterocycles. The SMILES string of the molecule is COC(=O)c1cccc(CSc2nc3cc(S(=O)(=O)N4CCC[C@@H](C)C4)ccc3n2C2CCCC2)c1. The first-order chi connectivity index (χ1) is 17.4. The summed E-state index contributed by atoms with van der Waals surface area (Å²) in [5.41, 5.74) is 3.25. The topological polar surface area (TPSA) is 81.5 Å². The van der Waals surface area contributed by atoms with E-state index in [9.17, 15) is 13.2 Å². The highest BCUT2D eigenvalue weighted by atomic mass is 32.2. The molecule has 3 aromatic rings. The predicted octanol–water partition coefficient (Wildman–Crippen LogP) is 5.65. The fraction of sp³-hybridized carbons (Fsp3) is 0.481. The van der Waals surface area contributed by atoms with Gasteiger partial charge in [0.05, 0.1) is 28.6 Å². The zero-order valence-electron chi connectivity index (χ0n) is 20.9. The molecule has 0 N–H and O–H groups in total. The molecule has 0 amide bonds. The van der Waals surface area contributed by atoms with Crippen molar-refractivity contribution < 1.29 is 17.9 Å². The quantitative estimate of drug-likeness (QED) is 0.292. The van der Waals surface area contributed by atoms with Crippen LogP contribution in [0.1, 0.15) is 67.4 Å². The number of hydrogen-bond acceptors (Lipinski definition) is 6. The Morgan fingerprint density at radius 3 is 2.67 bits per heavy atom. The molecule has 2 fully saturated rings. The van der Waals surface area contributed by atoms with Gasteiger partial charge in [-0.25, -0.2) is 18.2 Å². The Morgan fingerprint density at radius 2 is 1.92 bits per heavy atom. The van der Waals surface area contributed by atoms with Gasteiger partial charge in [-0.15, -0.1) is 0 Å². The highest BCUT2D eigenvalue weighted by Gasteiger charge is 2.30. The summed E-state index contributed by atoms with van der Waals surface area (Å²) in [7, 11) is -2.16. The maximum Gasteiger partial charge on any atom is 0.337 e. The number of fused-ring (bicyclic) bond motifs is 1. The van der Waals surface area contributed by atoms with Gasteiger partial charge in [-0.2, -0.15) is 4.31 Å². The van der Waals surface area contributed by atoms with Crippen LogP contribution in [0.2, 0.25) is 0 Å². The molecule has 36 heavy (non-hydrogen) atoms. The molecule has 1 aliphatic heterocycles. The lowest BCUT2D eigenvalue weighted by Gasteiger charge is -2.30. The van der Waals surface area contributed by atoms with Gasteiger partial charge >= 0.3 is 5.97 Å². The molecule has 0 bridgehead atoms. The van der Waals surface area contributed by atoms with Crippen molar-refractivity contribution in [3.05, 3.63) is 53.6 Å². The summed E-state index contributed by atoms with van der Waals surface area (Å²) in [6, 6.07) is 13.3. The lowest BCUT2D eigenvalue weighted by Crippen LogP contribution is -2.39. The number of aromatic nitrogens is 2. The highest BCUT2D eigenvalue weighted by molar-refractivity contribution is 7.98. The molecule has 9 heteroatoms. The number of sulfonamides is 1. The zero-order chi connectivity index (χ0) is 25.3. The van der Waals surface area contributed by atoms with Crippen LogP contribution < -0.4 is 0 Å². The Hall–Kier alpha value is -2.36. The van der Waals surface area contributed by atoms with E-state index in [1.165, 1.54) is 20.0 Å². The number of nitrogens with zero attached hydrogens (tertiary/aromatic N) is 3. The Morgan fingerprint density at radius 1 is 1.11 bits per heavy atom. The Labute approximate surface area is 217 Å². The van der Waals surface area contributed by atoms with E-state index in [1.807, 2.05) is 24.3 Å². The van der Waals surface area contributed by atoms with Crippen LogP contribution in [0.3, 0.4) is 0 Å². The number of ether oxygens (including phenoxy) is 1. The fourth-order valence-corrected chi connectivity index (χ4v) is 8.05. The molecule has 5 rings (SSSR count). The van der Waals surface area contributed by atoms with Crippen molar-refractivity contribution >= 4 is 38.8 Å². The maximum atomic E-state index is 13.4. The van der Waals surface area contributed by atoms with E-state index in [4.69, 9.17) is 9.72 Å². The summed E-state index contributed by atoms with van der Waals surface area (Å²) in [4.78, 5) is 17.2. The maximum absolute atomic E-state index is 13.4. The molecule has 0 radical (unpaired) electrons. The van der Waals surface area contributed by atoms with Crippen LogP contribution in [0, 0.1) is 5.92 Å². The molecule has 192 valence electrons. The van der Waals surface area contributed by atoms with Gasteiger partial charge in [0.25, 0.3) is 0 Å². The third kappa shape index (κ3) is 5.06. The van der Waals surface area contributed by atoms with E-state index < -0.39 is 10.0 Å². The van der Waals surface area contributed by atoms with Crippen molar-refractivity contribution in [3.63, 3.8) is 0 Å². The molecule has 1 atom stereocenters. The van der Waals surface area contributed by atoms with Gasteiger partial charge in [-0.3, -0.25) is 0 Å². The standard InChI is InChI=1S/C27H33N3O4S2/c1-19-7-6-14-29(17-19)36(32,33)23-12-13-25-24(16-23)28-27(30(25)22-10-3-4-11-22)35-18-20-8-5-9-21(15-20)26(31)34-2/h5,8-9,12-13,15-16,19,22H,3-4,6-7,10-11,14,17-18H2,1-2H3/t19-/m1/s1. The van der Waals surface area contributed by atoms with Gasteiger partial charge in [0.1, 0.15) is 0 Å². The van der Waals surface area contributed by atoms with E-state index in [1.54, 1.807) is 34.3 Å². The van der Waals surface area contributed by atoms with Crippen LogP contribution in [-0.2, 0) is 20.5 Å². The molecule has 1 saturated carbocycles. The van der Waals surface area contributed by atoms with Crippen LogP contribution in [-0.4, -0.2) is 48.4 Å². The van der Waals surface area contributed by atoms with Gasteiger partial charge < -0.3 is 9.30 Å². The second-order valence-corrected chi connectivity index (χ2v) is 12.8. The van der Waals surface area contributed by atoms with E-state index in [0.29, 0.717) is 41.3 Å². The van der Waals surface area contributed by atoms with Crippen LogP contribution in [0.5, 0.6) is 0 Å². The average Bonchev–Trinajstić information content (AvgIpc) is 3.54. The molecule has 1 aliphatic carbocycles. The molecule has 2 aromatic carbocycles. The molecule has 1 aromatic heterocycles. The molecule has 1 saturated heterocycles. The molecular formula is C27H33N3O4S2. The zero-order valence-corrected chi connectivity index (χ0v) is 22.5. The van der Waals surface area contributed by atoms with Gasteiger partial charge in [-0.1, -0.05) is 43.7 Å². The Kier molecular flexibility index (Phi) is 7.42. The lowest BCUT2D eigenvalue weighted by atomic mass is 10.0. The minimum Gasteiger partial charge on any atom is -0.465 e. The number of imidazole rings is 1. The van der Waals surface area contributed by atoms with Crippen molar-refractivity contribution in [1.82, 2.24) is 13.9 Å². The highest BCUT2D eigenvalue weighted by Crippen LogP contribution is 2.38. The summed E-state index contributed by atoms with van der Waals surface area (Å²) in [5.74, 6) is 0.675. The number of hydrogen-bond donors (Lipinski definition) is 0. The number of thioether (sulfide) groups is 1. The van der Waals surface area contributed by atoms with Crippen molar-refractivity contribution in [2.45, 2.75) is 67.3 Å². The number of carbonyl (C=O) groups excluding carboxylic acids is 1. The van der Waals surface area contributed by atoms with E-state index in [0.717, 1.165) is 47.4 Å². The van der Waals surface area contributed by atoms with E-state index >= 15 is 0 Å². The summed E-state index contributed by atoms with van der Waals surface area (Å²) >= 11 is 1.62. The minimum atomic E-state index is -3.55. The van der Waals surface area contributed by atoms with Crippen LogP contribution in [0.15, 0.2) is 52.5 Å². The largest absolute Gasteiger partial charge is 0.465 e. The monoisotopic (exact) mass is 527 g/mol. The van der Waals surface area contributed by atoms with Crippen molar-refractivity contribution in [2.75, 3.05) is 20.2 Å². The first kappa shape index (κ1) is 25.3. The third-order valence-corrected chi connectivity index (χ3v) is 10.2. The molecule has 2 aliphatic rings. The predicted molar refractivity (Wildman–Crippen MR) is 142 cm³/mol. The first-order valence-electron chi connectivity index (χ1n) is 12.7. The van der Waals surface area contributed by atoms with E-state index in [-0.39, 0.29) is 5.97 Å². The van der Waals surface area contributed by atoms with Crippen LogP contribution in [0.4, 0.5) is 0 Å². The number of rotatable bonds is 7. The summed E-state index contributed by atoms with van der Waals surface area (Å²) in [5, 5.41) is 0.890. The molecular weight excluding hydrogens is 494 g/mol. The van der Waals surface area contributed by atoms with E-state index in [2.05, 4.69) is 11.5 Å². The van der Waals surface area contributed by atoms with Crippen molar-refractivity contribution in [2.24, 2.45) is 5.92 Å². The van der Waals surface area contributed by atoms with Gasteiger partial charge in [0.15, 0.2) is 5.16 Å². The number of carbonyl (C=O) groups is 1. The number of piperidine rings is 1. The van der Waals surface area contributed by atoms with Crippen LogP contribution in [0.25, 0.3) is 11.0 Å². The fourth-order valence-electron chi connectivity index (χ4n) is 5.40. The smallest absolute Gasteiger partial charge is 0.337 e. The second kappa shape index (κ2) is 10.6. The second-order valence-electron chi connectivity index (χ2n) is 9.94.